The maximum atomic E-state index is 12.9. The third kappa shape index (κ3) is 5.88. The molecule has 0 heterocycles. The summed E-state index contributed by atoms with van der Waals surface area (Å²) in [6.07, 6.45) is -9.95. The normalized spacial score (nSPS) is 12.6. The number of benzene rings is 2. The van der Waals surface area contributed by atoms with E-state index in [2.05, 4.69) is 10.4 Å². The number of amides is 2. The Morgan fingerprint density at radius 2 is 1.43 bits per heavy atom. The number of carbonyl (C=O) groups excluding carboxylic acids is 1. The molecule has 28 heavy (non-hydrogen) atoms. The van der Waals surface area contributed by atoms with Gasteiger partial charge in [0, 0.05) is 10.7 Å². The van der Waals surface area contributed by atoms with Crippen LogP contribution in [0, 0.1) is 0 Å². The van der Waals surface area contributed by atoms with Gasteiger partial charge in [-0.2, -0.15) is 31.4 Å². The van der Waals surface area contributed by atoms with Crippen LogP contribution < -0.4 is 10.7 Å². The van der Waals surface area contributed by atoms with Gasteiger partial charge in [-0.25, -0.2) is 10.2 Å². The number of alkyl halides is 6. The molecule has 0 radical (unpaired) electrons. The molecule has 0 atom stereocenters. The summed E-state index contributed by atoms with van der Waals surface area (Å²) in [6, 6.07) is 6.20. The Balaban J connectivity index is 2.22. The number of hydrogen-bond donors (Lipinski definition) is 2. The van der Waals surface area contributed by atoms with Crippen molar-refractivity contribution >= 4 is 29.0 Å². The lowest BCUT2D eigenvalue weighted by atomic mass is 10.0. The molecule has 0 fully saturated rings. The topological polar surface area (TPSA) is 53.5 Å². The van der Waals surface area contributed by atoms with Gasteiger partial charge in [-0.15, -0.1) is 0 Å². The van der Waals surface area contributed by atoms with Gasteiger partial charge in [-0.1, -0.05) is 11.6 Å². The van der Waals surface area contributed by atoms with Crippen LogP contribution in [-0.4, -0.2) is 11.7 Å². The van der Waals surface area contributed by atoms with Gasteiger partial charge >= 0.3 is 18.4 Å². The van der Waals surface area contributed by atoms with E-state index in [-0.39, 0.29) is 11.8 Å². The first-order valence-electron chi connectivity index (χ1n) is 7.53. The Kier molecular flexibility index (Phi) is 6.23. The van der Waals surface area contributed by atoms with Gasteiger partial charge in [0.05, 0.1) is 16.8 Å². The molecule has 2 aromatic rings. The Morgan fingerprint density at radius 1 is 0.929 bits per heavy atom. The number of anilines is 1. The highest BCUT2D eigenvalue weighted by atomic mass is 35.5. The van der Waals surface area contributed by atoms with Gasteiger partial charge in [0.1, 0.15) is 0 Å². The molecule has 0 saturated heterocycles. The quantitative estimate of drug-likeness (QED) is 0.359. The van der Waals surface area contributed by atoms with Crippen molar-refractivity contribution in [2.24, 2.45) is 5.10 Å². The zero-order valence-electron chi connectivity index (χ0n) is 14.0. The summed E-state index contributed by atoms with van der Waals surface area (Å²) in [5.41, 5.74) is -1.27. The van der Waals surface area contributed by atoms with E-state index in [9.17, 15) is 31.1 Å². The van der Waals surface area contributed by atoms with E-state index in [0.717, 1.165) is 6.92 Å². The molecule has 150 valence electrons. The summed E-state index contributed by atoms with van der Waals surface area (Å²) < 4.78 is 77.3. The van der Waals surface area contributed by atoms with Crippen molar-refractivity contribution in [3.05, 3.63) is 64.2 Å². The first kappa shape index (κ1) is 21.5. The van der Waals surface area contributed by atoms with Gasteiger partial charge in [0.25, 0.3) is 0 Å². The number of hydrazone groups is 1. The predicted octanol–water partition coefficient (Wildman–Crippen LogP) is 5.92. The van der Waals surface area contributed by atoms with Crippen LogP contribution in [0.5, 0.6) is 0 Å². The number of rotatable bonds is 3. The SMILES string of the molecule is C/C(=N\NC(=O)Nc1ccc(Cl)cc1)c1cc(C(F)(F)F)cc(C(F)(F)F)c1. The first-order valence-corrected chi connectivity index (χ1v) is 7.91. The molecule has 2 N–H and O–H groups in total. The molecular formula is C17H12ClF6N3O. The Labute approximate surface area is 160 Å². The van der Waals surface area contributed by atoms with Crippen LogP contribution in [0.15, 0.2) is 47.6 Å². The number of urea groups is 1. The van der Waals surface area contributed by atoms with Crippen LogP contribution >= 0.6 is 11.6 Å². The molecule has 0 aliphatic heterocycles. The van der Waals surface area contributed by atoms with Crippen molar-refractivity contribution in [3.63, 3.8) is 0 Å². The van der Waals surface area contributed by atoms with Gasteiger partial charge in [0.15, 0.2) is 0 Å². The van der Waals surface area contributed by atoms with E-state index in [1.165, 1.54) is 24.3 Å². The van der Waals surface area contributed by atoms with E-state index < -0.39 is 35.1 Å². The summed E-state index contributed by atoms with van der Waals surface area (Å²) in [6.45, 7) is 1.16. The third-order valence-corrected chi connectivity index (χ3v) is 3.68. The highest BCUT2D eigenvalue weighted by molar-refractivity contribution is 6.30. The van der Waals surface area contributed by atoms with Gasteiger partial charge in [-0.3, -0.25) is 0 Å². The third-order valence-electron chi connectivity index (χ3n) is 3.43. The largest absolute Gasteiger partial charge is 0.416 e. The molecule has 2 amide bonds. The van der Waals surface area contributed by atoms with Crippen LogP contribution in [0.4, 0.5) is 36.8 Å². The molecule has 0 spiro atoms. The van der Waals surface area contributed by atoms with Crippen LogP contribution in [0.2, 0.25) is 5.02 Å². The van der Waals surface area contributed by atoms with Crippen molar-refractivity contribution in [2.75, 3.05) is 5.32 Å². The fraction of sp³-hybridized carbons (Fsp3) is 0.176. The van der Waals surface area contributed by atoms with Crippen LogP contribution in [-0.2, 0) is 12.4 Å². The van der Waals surface area contributed by atoms with Crippen molar-refractivity contribution < 1.29 is 31.1 Å². The number of halogens is 7. The minimum atomic E-state index is -4.98. The Morgan fingerprint density at radius 3 is 1.89 bits per heavy atom. The molecule has 0 saturated carbocycles. The monoisotopic (exact) mass is 423 g/mol. The average Bonchev–Trinajstić information content (AvgIpc) is 2.59. The number of hydrogen-bond acceptors (Lipinski definition) is 2. The fourth-order valence-corrected chi connectivity index (χ4v) is 2.18. The molecule has 0 aliphatic carbocycles. The highest BCUT2D eigenvalue weighted by Gasteiger charge is 2.37. The fourth-order valence-electron chi connectivity index (χ4n) is 2.06. The van der Waals surface area contributed by atoms with Crippen molar-refractivity contribution in [1.82, 2.24) is 5.43 Å². The van der Waals surface area contributed by atoms with Crippen LogP contribution in [0.25, 0.3) is 0 Å². The average molecular weight is 424 g/mol. The molecule has 0 aromatic heterocycles. The second-order valence-corrected chi connectivity index (χ2v) is 6.00. The molecule has 0 bridgehead atoms. The predicted molar refractivity (Wildman–Crippen MR) is 92.3 cm³/mol. The molecule has 2 rings (SSSR count). The van der Waals surface area contributed by atoms with Crippen LogP contribution in [0.3, 0.4) is 0 Å². The van der Waals surface area contributed by atoms with Crippen molar-refractivity contribution in [3.8, 4) is 0 Å². The molecule has 2 aromatic carbocycles. The highest BCUT2D eigenvalue weighted by Crippen LogP contribution is 2.36. The molecule has 11 heteroatoms. The lowest BCUT2D eigenvalue weighted by Gasteiger charge is -2.14. The van der Waals surface area contributed by atoms with E-state index in [4.69, 9.17) is 11.6 Å². The van der Waals surface area contributed by atoms with Gasteiger partial charge in [0.2, 0.25) is 0 Å². The second kappa shape index (κ2) is 8.09. The minimum Gasteiger partial charge on any atom is -0.307 e. The second-order valence-electron chi connectivity index (χ2n) is 5.56. The lowest BCUT2D eigenvalue weighted by molar-refractivity contribution is -0.143. The van der Waals surface area contributed by atoms with E-state index in [1.54, 1.807) is 0 Å². The first-order chi connectivity index (χ1) is 12.9. The van der Waals surface area contributed by atoms with Gasteiger partial charge in [-0.05, 0) is 55.0 Å². The maximum Gasteiger partial charge on any atom is 0.416 e. The minimum absolute atomic E-state index is 0.0114. The molecule has 0 aliphatic rings. The number of nitrogens with one attached hydrogen (secondary N) is 2. The zero-order chi connectivity index (χ0) is 21.1. The van der Waals surface area contributed by atoms with E-state index in [0.29, 0.717) is 22.8 Å². The van der Waals surface area contributed by atoms with E-state index in [1.807, 2.05) is 5.43 Å². The smallest absolute Gasteiger partial charge is 0.307 e. The van der Waals surface area contributed by atoms with Crippen molar-refractivity contribution in [1.29, 1.82) is 0 Å². The zero-order valence-corrected chi connectivity index (χ0v) is 14.8. The van der Waals surface area contributed by atoms with Crippen molar-refractivity contribution in [2.45, 2.75) is 19.3 Å². The molecular weight excluding hydrogens is 412 g/mol. The Hall–Kier alpha value is -2.75. The van der Waals surface area contributed by atoms with Gasteiger partial charge < -0.3 is 5.32 Å². The lowest BCUT2D eigenvalue weighted by Crippen LogP contribution is -2.25. The van der Waals surface area contributed by atoms with Crippen LogP contribution in [0.1, 0.15) is 23.6 Å². The molecule has 0 unspecified atom stereocenters. The standard InChI is InChI=1S/C17H12ClF6N3O/c1-9(26-27-15(28)25-14-4-2-13(18)3-5-14)10-6-11(16(19,20)21)8-12(7-10)17(22,23)24/h2-8H,1H3,(H2,25,27,28)/b26-9+. The maximum absolute atomic E-state index is 12.9. The summed E-state index contributed by atoms with van der Waals surface area (Å²) >= 11 is 5.70. The number of nitrogens with zero attached hydrogens (tertiary/aromatic N) is 1. The molecule has 4 nitrogen and oxygen atoms in total. The summed E-state index contributed by atoms with van der Waals surface area (Å²) in [5.74, 6) is 0. The summed E-state index contributed by atoms with van der Waals surface area (Å²) in [7, 11) is 0. The Bertz CT molecular complexity index is 859. The summed E-state index contributed by atoms with van der Waals surface area (Å²) in [4.78, 5) is 11.8. The number of carbonyl (C=O) groups is 1. The van der Waals surface area contributed by atoms with E-state index >= 15 is 0 Å². The summed E-state index contributed by atoms with van der Waals surface area (Å²) in [5, 5.41) is 6.35.